The van der Waals surface area contributed by atoms with Crippen LogP contribution in [0.15, 0.2) is 4.79 Å². The summed E-state index contributed by atoms with van der Waals surface area (Å²) in [6.07, 6.45) is 4.39. The van der Waals surface area contributed by atoms with Crippen molar-refractivity contribution in [3.05, 3.63) is 33.2 Å². The van der Waals surface area contributed by atoms with Crippen molar-refractivity contribution in [3.8, 4) is 0 Å². The Kier molecular flexibility index (Phi) is 3.94. The smallest absolute Gasteiger partial charge is 0.164 e. The van der Waals surface area contributed by atoms with Crippen LogP contribution in [0, 0.1) is 13.1 Å². The molecule has 2 aromatic heterocycles. The van der Waals surface area contributed by atoms with Crippen LogP contribution in [0.4, 0.5) is 0 Å². The molecule has 0 amide bonds. The zero-order valence-electron chi connectivity index (χ0n) is 11.4. The molecule has 0 atom stereocenters. The summed E-state index contributed by atoms with van der Waals surface area (Å²) in [6.45, 7) is 4.00. The van der Waals surface area contributed by atoms with Crippen molar-refractivity contribution in [1.82, 2.24) is 9.55 Å². The molecule has 3 radical (unpaired) electrons. The van der Waals surface area contributed by atoms with Gasteiger partial charge in [-0.25, -0.2) is 0 Å². The van der Waals surface area contributed by atoms with E-state index in [-0.39, 0.29) is 40.8 Å². The maximum atomic E-state index is 12.4. The van der Waals surface area contributed by atoms with E-state index < -0.39 is 0 Å². The second-order valence-electron chi connectivity index (χ2n) is 4.92. The second kappa shape index (κ2) is 5.23. The van der Waals surface area contributed by atoms with Gasteiger partial charge in [-0.1, -0.05) is 13.1 Å². The first-order chi connectivity index (χ1) is 9.02. The zero-order chi connectivity index (χ0) is 13.7. The first kappa shape index (κ1) is 15.1. The van der Waals surface area contributed by atoms with Crippen LogP contribution in [0.2, 0.25) is 0 Å². The Hall–Kier alpha value is -1.32. The van der Waals surface area contributed by atoms with Gasteiger partial charge >= 0.3 is 0 Å². The minimum absolute atomic E-state index is 0. The Morgan fingerprint density at radius 2 is 2.15 bits per heavy atom. The summed E-state index contributed by atoms with van der Waals surface area (Å²) < 4.78 is 1.97. The van der Waals surface area contributed by atoms with Gasteiger partial charge in [0, 0.05) is 44.2 Å². The van der Waals surface area contributed by atoms with Crippen molar-refractivity contribution >= 4 is 30.1 Å². The minimum Gasteiger partial charge on any atom is -0.381 e. The van der Waals surface area contributed by atoms with Crippen molar-refractivity contribution in [1.29, 1.82) is 0 Å². The molecule has 4 nitrogen and oxygen atoms in total. The van der Waals surface area contributed by atoms with Gasteiger partial charge in [0.15, 0.2) is 11.2 Å². The molecule has 1 aliphatic rings. The first-order valence-corrected chi connectivity index (χ1v) is 6.26. The predicted octanol–water partition coefficient (Wildman–Crippen LogP) is 0.445. The van der Waals surface area contributed by atoms with Gasteiger partial charge < -0.3 is 14.3 Å². The Bertz CT molecular complexity index is 783. The number of carbonyl (C=O) groups excluding carboxylic acids is 1. The molecule has 0 aromatic carbocycles. The number of pyridine rings is 2. The summed E-state index contributed by atoms with van der Waals surface area (Å²) in [4.78, 5) is 28.2. The van der Waals surface area contributed by atoms with Gasteiger partial charge in [0.05, 0.1) is 5.56 Å². The number of nitrogens with zero attached hydrogens (tertiary/aromatic N) is 2. The molecule has 0 saturated carbocycles. The maximum absolute atomic E-state index is 12.4. The van der Waals surface area contributed by atoms with Gasteiger partial charge in [0.25, 0.3) is 0 Å². The van der Waals surface area contributed by atoms with Crippen molar-refractivity contribution < 1.29 is 23.4 Å². The fourth-order valence-electron chi connectivity index (χ4n) is 2.78. The second-order valence-corrected chi connectivity index (χ2v) is 4.92. The van der Waals surface area contributed by atoms with Crippen molar-refractivity contribution in [2.45, 2.75) is 33.2 Å². The van der Waals surface area contributed by atoms with Gasteiger partial charge in [0.2, 0.25) is 0 Å². The van der Waals surface area contributed by atoms with Crippen LogP contribution in [-0.4, -0.2) is 23.2 Å². The van der Waals surface area contributed by atoms with Gasteiger partial charge in [0.1, 0.15) is 0 Å². The number of rotatable bonds is 1. The summed E-state index contributed by atoms with van der Waals surface area (Å²) in [5, 5.41) is 0. The van der Waals surface area contributed by atoms with Crippen LogP contribution in [0.1, 0.15) is 35.0 Å². The molecule has 1 aliphatic heterocycles. The van der Waals surface area contributed by atoms with E-state index in [4.69, 9.17) is 7.85 Å². The summed E-state index contributed by atoms with van der Waals surface area (Å²) in [5.41, 5.74) is 2.89. The first-order valence-electron chi connectivity index (χ1n) is 6.26. The SMILES string of the molecule is [B]c1c(C)[c-]nc2c(=O)c(C(C)=O)c3n(c12)CCC3.[V]. The van der Waals surface area contributed by atoms with E-state index in [1.807, 2.05) is 11.5 Å². The molecule has 3 rings (SSSR count). The molecule has 0 bridgehead atoms. The van der Waals surface area contributed by atoms with E-state index in [9.17, 15) is 9.59 Å². The van der Waals surface area contributed by atoms with Crippen LogP contribution in [0.5, 0.6) is 0 Å². The Morgan fingerprint density at radius 1 is 1.45 bits per heavy atom. The molecule has 3 heterocycles. The minimum atomic E-state index is -0.321. The van der Waals surface area contributed by atoms with Gasteiger partial charge in [-0.2, -0.15) is 5.46 Å². The molecule has 0 aliphatic carbocycles. The number of fused-ring (bicyclic) bond motifs is 3. The third-order valence-corrected chi connectivity index (χ3v) is 3.69. The van der Waals surface area contributed by atoms with E-state index >= 15 is 0 Å². The zero-order valence-corrected chi connectivity index (χ0v) is 12.8. The molecule has 0 saturated heterocycles. The number of hydrogen-bond acceptors (Lipinski definition) is 3. The summed E-state index contributed by atoms with van der Waals surface area (Å²) in [6, 6.07) is 0. The fourth-order valence-corrected chi connectivity index (χ4v) is 2.78. The molecule has 0 fully saturated rings. The van der Waals surface area contributed by atoms with Crippen LogP contribution in [-0.2, 0) is 31.5 Å². The van der Waals surface area contributed by atoms with Gasteiger partial charge in [-0.05, 0) is 25.3 Å². The van der Waals surface area contributed by atoms with E-state index in [1.54, 1.807) is 0 Å². The Labute approximate surface area is 129 Å². The Balaban J connectivity index is 0.00000147. The van der Waals surface area contributed by atoms with Crippen molar-refractivity contribution in [2.24, 2.45) is 0 Å². The fraction of sp³-hybridized carbons (Fsp3) is 0.357. The Morgan fingerprint density at radius 3 is 2.80 bits per heavy atom. The van der Waals surface area contributed by atoms with E-state index in [0.717, 1.165) is 30.6 Å². The summed E-state index contributed by atoms with van der Waals surface area (Å²) >= 11 is 0. The maximum Gasteiger partial charge on any atom is 0.164 e. The third-order valence-electron chi connectivity index (χ3n) is 3.69. The quantitative estimate of drug-likeness (QED) is 0.436. The summed E-state index contributed by atoms with van der Waals surface area (Å²) in [5.74, 6) is -0.210. The van der Waals surface area contributed by atoms with Crippen LogP contribution >= 0.6 is 0 Å². The molecule has 99 valence electrons. The van der Waals surface area contributed by atoms with E-state index in [2.05, 4.69) is 11.2 Å². The normalized spacial score (nSPS) is 13.1. The molecule has 6 heteroatoms. The number of Topliss-reactive ketones (excluding diaryl/α,β-unsaturated/α-hetero) is 1. The number of aryl methyl sites for hydroxylation is 2. The molecule has 0 unspecified atom stereocenters. The standard InChI is InChI=1S/C14H12BN2O2.V/c1-7-6-16-12-13(11(7)15)17-5-3-4-9(17)10(8(2)18)14(12)19;/h3-5H2,1-2H3;/q-1;. The average molecular weight is 302 g/mol. The number of carbonyl (C=O) groups is 1. The molecule has 2 aromatic rings. The molecule has 20 heavy (non-hydrogen) atoms. The van der Waals surface area contributed by atoms with Crippen LogP contribution < -0.4 is 10.9 Å². The monoisotopic (exact) mass is 302 g/mol. The van der Waals surface area contributed by atoms with E-state index in [1.165, 1.54) is 6.92 Å². The molecular formula is C14H12BN2O2V-. The largest absolute Gasteiger partial charge is 0.381 e. The predicted molar refractivity (Wildman–Crippen MR) is 73.3 cm³/mol. The van der Waals surface area contributed by atoms with E-state index in [0.29, 0.717) is 11.0 Å². The van der Waals surface area contributed by atoms with Crippen LogP contribution in [0.25, 0.3) is 11.0 Å². The van der Waals surface area contributed by atoms with Gasteiger partial charge in [-0.15, -0.1) is 5.56 Å². The number of hydrogen-bond donors (Lipinski definition) is 0. The van der Waals surface area contributed by atoms with Crippen molar-refractivity contribution in [3.63, 3.8) is 0 Å². The average Bonchev–Trinajstić information content (AvgIpc) is 2.81. The molecule has 0 spiro atoms. The van der Waals surface area contributed by atoms with Crippen LogP contribution in [0.3, 0.4) is 0 Å². The number of aromatic nitrogens is 2. The topological polar surface area (TPSA) is 52.0 Å². The third kappa shape index (κ3) is 1.97. The summed E-state index contributed by atoms with van der Waals surface area (Å²) in [7, 11) is 6.07. The molecular weight excluding hydrogens is 290 g/mol. The van der Waals surface area contributed by atoms with Gasteiger partial charge in [-0.3, -0.25) is 4.79 Å². The molecule has 0 N–H and O–H groups in total. The van der Waals surface area contributed by atoms with Crippen molar-refractivity contribution in [2.75, 3.05) is 0 Å². The number of ketones is 1.